The number of aliphatic hydroxyl groups is 1. The number of ether oxygens (including phenoxy) is 3. The predicted molar refractivity (Wildman–Crippen MR) is 70.8 cm³/mol. The summed E-state index contributed by atoms with van der Waals surface area (Å²) in [6, 6.07) is 7.28. The number of hydrogen-bond donors (Lipinski definition) is 1. The first kappa shape index (κ1) is 15.2. The van der Waals surface area contributed by atoms with Gasteiger partial charge >= 0.3 is 5.97 Å². The highest BCUT2D eigenvalue weighted by atomic mass is 16.6. The fraction of sp³-hybridized carbons (Fsp3) is 0.357. The minimum atomic E-state index is -1.07. The number of carbonyl (C=O) groups is 1. The monoisotopic (exact) mass is 266 g/mol. The predicted octanol–water partition coefficient (Wildman–Crippen LogP) is 1.26. The van der Waals surface area contributed by atoms with Gasteiger partial charge in [-0.1, -0.05) is 24.3 Å². The van der Waals surface area contributed by atoms with E-state index < -0.39 is 18.2 Å². The lowest BCUT2D eigenvalue weighted by Gasteiger charge is -2.16. The molecule has 1 N–H and O–H groups in total. The summed E-state index contributed by atoms with van der Waals surface area (Å²) < 4.78 is 14.5. The van der Waals surface area contributed by atoms with E-state index >= 15 is 0 Å². The quantitative estimate of drug-likeness (QED) is 0.785. The third kappa shape index (κ3) is 4.39. The molecule has 5 nitrogen and oxygen atoms in total. The number of hydrogen-bond acceptors (Lipinski definition) is 5. The SMILES string of the molecule is COC(=O)C(OC)C(O)/C=C/c1ccc(OC)cc1. The van der Waals surface area contributed by atoms with Crippen molar-refractivity contribution in [3.05, 3.63) is 35.9 Å². The molecular formula is C14H18O5. The molecule has 1 aromatic rings. The summed E-state index contributed by atoms with van der Waals surface area (Å²) in [6.07, 6.45) is 1.07. The van der Waals surface area contributed by atoms with Crippen LogP contribution in [0.2, 0.25) is 0 Å². The van der Waals surface area contributed by atoms with E-state index in [1.165, 1.54) is 20.3 Å². The first-order chi connectivity index (χ1) is 9.12. The summed E-state index contributed by atoms with van der Waals surface area (Å²) in [5.74, 6) is 0.136. The van der Waals surface area contributed by atoms with E-state index in [1.54, 1.807) is 25.3 Å². The summed E-state index contributed by atoms with van der Waals surface area (Å²) in [5, 5.41) is 9.84. The van der Waals surface area contributed by atoms with Crippen molar-refractivity contribution in [1.29, 1.82) is 0 Å². The van der Waals surface area contributed by atoms with Crippen LogP contribution >= 0.6 is 0 Å². The smallest absolute Gasteiger partial charge is 0.338 e. The number of rotatable bonds is 6. The molecule has 0 aliphatic rings. The Morgan fingerprint density at radius 2 is 1.84 bits per heavy atom. The molecule has 1 rings (SSSR count). The molecule has 0 aliphatic carbocycles. The summed E-state index contributed by atoms with van der Waals surface area (Å²) >= 11 is 0. The van der Waals surface area contributed by atoms with Crippen LogP contribution in [0.4, 0.5) is 0 Å². The summed E-state index contributed by atoms with van der Waals surface area (Å²) in [5.41, 5.74) is 0.875. The highest BCUT2D eigenvalue weighted by molar-refractivity contribution is 5.76. The average molecular weight is 266 g/mol. The lowest BCUT2D eigenvalue weighted by molar-refractivity contribution is -0.157. The first-order valence-electron chi connectivity index (χ1n) is 5.73. The Kier molecular flexibility index (Phi) is 6.05. The zero-order valence-electron chi connectivity index (χ0n) is 11.2. The fourth-order valence-electron chi connectivity index (χ4n) is 1.52. The van der Waals surface area contributed by atoms with Crippen molar-refractivity contribution in [2.45, 2.75) is 12.2 Å². The minimum Gasteiger partial charge on any atom is -0.497 e. The molecule has 104 valence electrons. The second-order valence-corrected chi connectivity index (χ2v) is 3.80. The van der Waals surface area contributed by atoms with E-state index in [0.717, 1.165) is 11.3 Å². The fourth-order valence-corrected chi connectivity index (χ4v) is 1.52. The molecule has 19 heavy (non-hydrogen) atoms. The molecule has 0 aromatic heterocycles. The van der Waals surface area contributed by atoms with Gasteiger partial charge in [-0.2, -0.15) is 0 Å². The van der Waals surface area contributed by atoms with Gasteiger partial charge in [-0.25, -0.2) is 4.79 Å². The Balaban J connectivity index is 2.70. The van der Waals surface area contributed by atoms with Crippen LogP contribution in [-0.2, 0) is 14.3 Å². The van der Waals surface area contributed by atoms with Gasteiger partial charge in [0.2, 0.25) is 0 Å². The Bertz CT molecular complexity index is 424. The Morgan fingerprint density at radius 1 is 1.21 bits per heavy atom. The molecule has 2 atom stereocenters. The lowest BCUT2D eigenvalue weighted by atomic mass is 10.1. The van der Waals surface area contributed by atoms with Crippen molar-refractivity contribution in [2.75, 3.05) is 21.3 Å². The van der Waals surface area contributed by atoms with E-state index in [-0.39, 0.29) is 0 Å². The third-order valence-corrected chi connectivity index (χ3v) is 2.60. The maximum absolute atomic E-state index is 11.3. The van der Waals surface area contributed by atoms with Crippen molar-refractivity contribution >= 4 is 12.0 Å². The van der Waals surface area contributed by atoms with Crippen LogP contribution in [0.5, 0.6) is 5.75 Å². The second kappa shape index (κ2) is 7.56. The largest absolute Gasteiger partial charge is 0.497 e. The molecular weight excluding hydrogens is 248 g/mol. The van der Waals surface area contributed by atoms with Gasteiger partial charge in [-0.3, -0.25) is 0 Å². The number of aliphatic hydroxyl groups excluding tert-OH is 1. The topological polar surface area (TPSA) is 65.0 Å². The van der Waals surface area contributed by atoms with Gasteiger partial charge in [-0.15, -0.1) is 0 Å². The number of methoxy groups -OCH3 is 3. The van der Waals surface area contributed by atoms with Crippen LogP contribution < -0.4 is 4.74 Å². The molecule has 0 radical (unpaired) electrons. The highest BCUT2D eigenvalue weighted by Gasteiger charge is 2.25. The molecule has 2 unspecified atom stereocenters. The molecule has 0 bridgehead atoms. The molecule has 0 spiro atoms. The van der Waals surface area contributed by atoms with Gasteiger partial charge in [0.1, 0.15) is 11.9 Å². The third-order valence-electron chi connectivity index (χ3n) is 2.60. The van der Waals surface area contributed by atoms with Crippen LogP contribution in [-0.4, -0.2) is 44.6 Å². The van der Waals surface area contributed by atoms with Gasteiger partial charge in [-0.05, 0) is 17.7 Å². The summed E-state index contributed by atoms with van der Waals surface area (Å²) in [7, 11) is 4.18. The van der Waals surface area contributed by atoms with E-state index in [0.29, 0.717) is 0 Å². The van der Waals surface area contributed by atoms with Crippen molar-refractivity contribution in [2.24, 2.45) is 0 Å². The Hall–Kier alpha value is -1.85. The van der Waals surface area contributed by atoms with Crippen LogP contribution in [0.3, 0.4) is 0 Å². The van der Waals surface area contributed by atoms with E-state index in [1.807, 2.05) is 12.1 Å². The average Bonchev–Trinajstić information content (AvgIpc) is 2.46. The van der Waals surface area contributed by atoms with Gasteiger partial charge < -0.3 is 19.3 Å². The van der Waals surface area contributed by atoms with Crippen molar-refractivity contribution < 1.29 is 24.1 Å². The van der Waals surface area contributed by atoms with Crippen molar-refractivity contribution in [1.82, 2.24) is 0 Å². The van der Waals surface area contributed by atoms with Crippen LogP contribution in [0.25, 0.3) is 6.08 Å². The molecule has 0 heterocycles. The van der Waals surface area contributed by atoms with Crippen LogP contribution in [0, 0.1) is 0 Å². The molecule has 0 fully saturated rings. The highest BCUT2D eigenvalue weighted by Crippen LogP contribution is 2.13. The van der Waals surface area contributed by atoms with Gasteiger partial charge in [0.05, 0.1) is 14.2 Å². The van der Waals surface area contributed by atoms with E-state index in [9.17, 15) is 9.90 Å². The zero-order chi connectivity index (χ0) is 14.3. The van der Waals surface area contributed by atoms with Gasteiger partial charge in [0.15, 0.2) is 6.10 Å². The molecule has 0 saturated heterocycles. The number of esters is 1. The summed E-state index contributed by atoms with van der Waals surface area (Å²) in [4.78, 5) is 11.3. The van der Waals surface area contributed by atoms with E-state index in [4.69, 9.17) is 9.47 Å². The van der Waals surface area contributed by atoms with Crippen LogP contribution in [0.15, 0.2) is 30.3 Å². The maximum atomic E-state index is 11.3. The minimum absolute atomic E-state index is 0.616. The maximum Gasteiger partial charge on any atom is 0.338 e. The van der Waals surface area contributed by atoms with E-state index in [2.05, 4.69) is 4.74 Å². The zero-order valence-corrected chi connectivity index (χ0v) is 11.2. The Morgan fingerprint density at radius 3 is 2.32 bits per heavy atom. The van der Waals surface area contributed by atoms with Crippen LogP contribution in [0.1, 0.15) is 5.56 Å². The molecule has 0 amide bonds. The molecule has 0 saturated carbocycles. The summed E-state index contributed by atoms with van der Waals surface area (Å²) in [6.45, 7) is 0. The standard InChI is InChI=1S/C14H18O5/c1-17-11-7-4-10(5-8-11)6-9-12(15)13(18-2)14(16)19-3/h4-9,12-13,15H,1-3H3/b9-6+. The van der Waals surface area contributed by atoms with Gasteiger partial charge in [0.25, 0.3) is 0 Å². The lowest BCUT2D eigenvalue weighted by Crippen LogP contribution is -2.35. The Labute approximate surface area is 112 Å². The second-order valence-electron chi connectivity index (χ2n) is 3.80. The first-order valence-corrected chi connectivity index (χ1v) is 5.73. The molecule has 5 heteroatoms. The van der Waals surface area contributed by atoms with Gasteiger partial charge in [0, 0.05) is 7.11 Å². The van der Waals surface area contributed by atoms with Crippen molar-refractivity contribution in [3.63, 3.8) is 0 Å². The number of carbonyl (C=O) groups excluding carboxylic acids is 1. The molecule has 1 aromatic carbocycles. The normalized spacial score (nSPS) is 14.1. The number of benzene rings is 1. The molecule has 0 aliphatic heterocycles. The van der Waals surface area contributed by atoms with Crippen molar-refractivity contribution in [3.8, 4) is 5.75 Å².